The minimum atomic E-state index is -4.46. The van der Waals surface area contributed by atoms with Gasteiger partial charge in [0.15, 0.2) is 0 Å². The minimum Gasteiger partial charge on any atom is -0.334 e. The van der Waals surface area contributed by atoms with E-state index in [0.717, 1.165) is 44.2 Å². The van der Waals surface area contributed by atoms with E-state index in [-0.39, 0.29) is 18.0 Å². The highest BCUT2D eigenvalue weighted by Crippen LogP contribution is 2.36. The Balaban J connectivity index is 1.50. The van der Waals surface area contributed by atoms with Gasteiger partial charge in [-0.1, -0.05) is 0 Å². The summed E-state index contributed by atoms with van der Waals surface area (Å²) in [7, 11) is 1.85. The van der Waals surface area contributed by atoms with Crippen LogP contribution in [-0.2, 0) is 19.8 Å². The number of rotatable bonds is 5. The number of anilines is 1. The molecule has 1 unspecified atom stereocenters. The van der Waals surface area contributed by atoms with Gasteiger partial charge in [0.1, 0.15) is 17.8 Å². The SMILES string of the molecule is Cn1ncnc1CN1CCC(N(c2nccc(C(F)(F)F)n2)C2CC2)C1. The first-order valence-corrected chi connectivity index (χ1v) is 8.65. The van der Waals surface area contributed by atoms with Crippen molar-refractivity contribution in [2.45, 2.75) is 44.1 Å². The number of aromatic nitrogens is 5. The van der Waals surface area contributed by atoms with Gasteiger partial charge >= 0.3 is 6.18 Å². The Morgan fingerprint density at radius 2 is 2.00 bits per heavy atom. The molecule has 0 spiro atoms. The number of likely N-dealkylation sites (tertiary alicyclic amines) is 1. The van der Waals surface area contributed by atoms with Crippen molar-refractivity contribution in [3.8, 4) is 0 Å². The number of alkyl halides is 3. The van der Waals surface area contributed by atoms with E-state index in [4.69, 9.17) is 0 Å². The van der Waals surface area contributed by atoms with Gasteiger partial charge in [-0.15, -0.1) is 0 Å². The van der Waals surface area contributed by atoms with Crippen LogP contribution in [0.2, 0.25) is 0 Å². The second-order valence-electron chi connectivity index (χ2n) is 6.86. The van der Waals surface area contributed by atoms with Crippen LogP contribution in [0.15, 0.2) is 18.6 Å². The fraction of sp³-hybridized carbons (Fsp3) is 0.625. The summed E-state index contributed by atoms with van der Waals surface area (Å²) in [5.41, 5.74) is -0.887. The molecule has 140 valence electrons. The van der Waals surface area contributed by atoms with Crippen LogP contribution >= 0.6 is 0 Å². The van der Waals surface area contributed by atoms with Gasteiger partial charge in [-0.3, -0.25) is 9.58 Å². The second-order valence-corrected chi connectivity index (χ2v) is 6.86. The third kappa shape index (κ3) is 3.50. The molecule has 10 heteroatoms. The zero-order valence-electron chi connectivity index (χ0n) is 14.4. The first kappa shape index (κ1) is 17.2. The zero-order valence-corrected chi connectivity index (χ0v) is 14.4. The van der Waals surface area contributed by atoms with Crippen LogP contribution in [0.3, 0.4) is 0 Å². The van der Waals surface area contributed by atoms with E-state index in [2.05, 4.69) is 25.0 Å². The molecule has 2 aromatic rings. The Bertz CT molecular complexity index is 771. The summed E-state index contributed by atoms with van der Waals surface area (Å²) in [4.78, 5) is 16.4. The number of halogens is 3. The Morgan fingerprint density at radius 1 is 1.19 bits per heavy atom. The fourth-order valence-electron chi connectivity index (χ4n) is 3.45. The van der Waals surface area contributed by atoms with Crippen molar-refractivity contribution in [2.75, 3.05) is 18.0 Å². The maximum atomic E-state index is 13.0. The largest absolute Gasteiger partial charge is 0.433 e. The van der Waals surface area contributed by atoms with Crippen molar-refractivity contribution < 1.29 is 13.2 Å². The zero-order chi connectivity index (χ0) is 18.3. The van der Waals surface area contributed by atoms with Gasteiger partial charge in [0.25, 0.3) is 0 Å². The molecule has 26 heavy (non-hydrogen) atoms. The van der Waals surface area contributed by atoms with Gasteiger partial charge in [-0.25, -0.2) is 15.0 Å². The topological polar surface area (TPSA) is 63.0 Å². The molecule has 1 aliphatic carbocycles. The van der Waals surface area contributed by atoms with Gasteiger partial charge in [-0.2, -0.15) is 18.3 Å². The summed E-state index contributed by atoms with van der Waals surface area (Å²) >= 11 is 0. The van der Waals surface area contributed by atoms with Crippen LogP contribution in [-0.4, -0.2) is 54.8 Å². The van der Waals surface area contributed by atoms with Crippen LogP contribution < -0.4 is 4.90 Å². The third-order valence-electron chi connectivity index (χ3n) is 4.92. The van der Waals surface area contributed by atoms with E-state index < -0.39 is 11.9 Å². The highest BCUT2D eigenvalue weighted by Gasteiger charge is 2.40. The van der Waals surface area contributed by atoms with Gasteiger partial charge in [0, 0.05) is 38.4 Å². The van der Waals surface area contributed by atoms with Crippen LogP contribution in [0, 0.1) is 0 Å². The van der Waals surface area contributed by atoms with E-state index in [1.165, 1.54) is 12.5 Å². The van der Waals surface area contributed by atoms with Gasteiger partial charge in [-0.05, 0) is 25.3 Å². The lowest BCUT2D eigenvalue weighted by molar-refractivity contribution is -0.141. The third-order valence-corrected chi connectivity index (χ3v) is 4.92. The number of nitrogens with zero attached hydrogens (tertiary/aromatic N) is 7. The number of hydrogen-bond acceptors (Lipinski definition) is 6. The molecule has 0 amide bonds. The van der Waals surface area contributed by atoms with Crippen molar-refractivity contribution in [1.29, 1.82) is 0 Å². The molecule has 1 atom stereocenters. The monoisotopic (exact) mass is 367 g/mol. The fourth-order valence-corrected chi connectivity index (χ4v) is 3.45. The first-order valence-electron chi connectivity index (χ1n) is 8.65. The van der Waals surface area contributed by atoms with E-state index in [1.807, 2.05) is 11.9 Å². The summed E-state index contributed by atoms with van der Waals surface area (Å²) in [5, 5.41) is 4.07. The summed E-state index contributed by atoms with van der Waals surface area (Å²) in [6, 6.07) is 1.27. The first-order chi connectivity index (χ1) is 12.4. The lowest BCUT2D eigenvalue weighted by atomic mass is 10.2. The maximum Gasteiger partial charge on any atom is 0.433 e. The highest BCUT2D eigenvalue weighted by molar-refractivity contribution is 5.37. The predicted octanol–water partition coefficient (Wildman–Crippen LogP) is 1.87. The van der Waals surface area contributed by atoms with E-state index in [0.29, 0.717) is 6.54 Å². The van der Waals surface area contributed by atoms with Gasteiger partial charge in [0.2, 0.25) is 5.95 Å². The molecule has 1 saturated heterocycles. The molecule has 0 bridgehead atoms. The smallest absolute Gasteiger partial charge is 0.334 e. The van der Waals surface area contributed by atoms with Gasteiger partial charge in [0.05, 0.1) is 6.54 Å². The van der Waals surface area contributed by atoms with Crippen LogP contribution in [0.25, 0.3) is 0 Å². The normalized spacial score (nSPS) is 21.3. The van der Waals surface area contributed by atoms with E-state index in [1.54, 1.807) is 4.68 Å². The highest BCUT2D eigenvalue weighted by atomic mass is 19.4. The van der Waals surface area contributed by atoms with Crippen LogP contribution in [0.5, 0.6) is 0 Å². The molecular formula is C16H20F3N7. The molecule has 0 N–H and O–H groups in total. The Hall–Kier alpha value is -2.23. The van der Waals surface area contributed by atoms with Gasteiger partial charge < -0.3 is 4.90 Å². The van der Waals surface area contributed by atoms with E-state index in [9.17, 15) is 13.2 Å². The molecule has 1 saturated carbocycles. The molecule has 7 nitrogen and oxygen atoms in total. The Labute approximate surface area is 148 Å². The summed E-state index contributed by atoms with van der Waals surface area (Å²) < 4.78 is 40.8. The summed E-state index contributed by atoms with van der Waals surface area (Å²) in [6.07, 6.45) is 1.08. The molecule has 4 rings (SSSR count). The number of aryl methyl sites for hydroxylation is 1. The molecule has 0 aromatic carbocycles. The lowest BCUT2D eigenvalue weighted by Crippen LogP contribution is -2.40. The molecule has 2 aromatic heterocycles. The van der Waals surface area contributed by atoms with Crippen molar-refractivity contribution in [3.05, 3.63) is 30.1 Å². The standard InChI is InChI=1S/C16H20F3N7/c1-24-14(21-10-22-24)9-25-7-5-12(8-25)26(11-2-3-11)15-20-6-4-13(23-15)16(17,18)19/h4,6,10-12H,2-3,5,7-9H2,1H3. The maximum absolute atomic E-state index is 13.0. The summed E-state index contributed by atoms with van der Waals surface area (Å²) in [5.74, 6) is 1.06. The second kappa shape index (κ2) is 6.49. The molecular weight excluding hydrogens is 347 g/mol. The molecule has 3 heterocycles. The van der Waals surface area contributed by atoms with Crippen LogP contribution in [0.1, 0.15) is 30.8 Å². The van der Waals surface area contributed by atoms with Crippen molar-refractivity contribution in [1.82, 2.24) is 29.6 Å². The lowest BCUT2D eigenvalue weighted by Gasteiger charge is -2.29. The van der Waals surface area contributed by atoms with Crippen LogP contribution in [0.4, 0.5) is 19.1 Å². The quantitative estimate of drug-likeness (QED) is 0.804. The molecule has 2 fully saturated rings. The molecule has 0 radical (unpaired) electrons. The average Bonchev–Trinajstić information content (AvgIpc) is 3.18. The van der Waals surface area contributed by atoms with Crippen molar-refractivity contribution >= 4 is 5.95 Å². The molecule has 1 aliphatic heterocycles. The van der Waals surface area contributed by atoms with E-state index >= 15 is 0 Å². The summed E-state index contributed by atoms with van der Waals surface area (Å²) in [6.45, 7) is 2.29. The Morgan fingerprint density at radius 3 is 2.65 bits per heavy atom. The molecule has 2 aliphatic rings. The minimum absolute atomic E-state index is 0.110. The van der Waals surface area contributed by atoms with Crippen molar-refractivity contribution in [3.63, 3.8) is 0 Å². The predicted molar refractivity (Wildman–Crippen MR) is 87.2 cm³/mol. The number of hydrogen-bond donors (Lipinski definition) is 0. The Kier molecular flexibility index (Phi) is 4.29. The average molecular weight is 367 g/mol. The van der Waals surface area contributed by atoms with Crippen molar-refractivity contribution in [2.24, 2.45) is 7.05 Å².